The van der Waals surface area contributed by atoms with Crippen molar-refractivity contribution >= 4 is 23.2 Å². The summed E-state index contributed by atoms with van der Waals surface area (Å²) in [5, 5.41) is 6.45. The Morgan fingerprint density at radius 2 is 2.00 bits per heavy atom. The number of hydrogen-bond acceptors (Lipinski definition) is 6. The van der Waals surface area contributed by atoms with Gasteiger partial charge < -0.3 is 19.5 Å². The first-order valence-corrected chi connectivity index (χ1v) is 8.97. The summed E-state index contributed by atoms with van der Waals surface area (Å²) in [6.45, 7) is -3.22. The van der Waals surface area contributed by atoms with E-state index in [-0.39, 0.29) is 31.1 Å². The molecule has 1 heterocycles. The molecule has 9 heteroatoms. The molecule has 1 aromatic heterocycles. The van der Waals surface area contributed by atoms with E-state index in [9.17, 15) is 18.4 Å². The monoisotopic (exact) mass is 399 g/mol. The summed E-state index contributed by atoms with van der Waals surface area (Å²) in [7, 11) is 1.32. The lowest BCUT2D eigenvalue weighted by molar-refractivity contribution is -0.148. The minimum Gasteiger partial charge on any atom is -0.493 e. The van der Waals surface area contributed by atoms with Crippen molar-refractivity contribution in [1.29, 1.82) is 0 Å². The van der Waals surface area contributed by atoms with E-state index in [1.165, 1.54) is 25.3 Å². The molecule has 6 nitrogen and oxygen atoms in total. The van der Waals surface area contributed by atoms with Crippen molar-refractivity contribution in [1.82, 2.24) is 5.32 Å². The Balaban J connectivity index is 1.73. The predicted molar refractivity (Wildman–Crippen MR) is 95.1 cm³/mol. The van der Waals surface area contributed by atoms with Crippen molar-refractivity contribution in [3.63, 3.8) is 0 Å². The number of methoxy groups -OCH3 is 1. The van der Waals surface area contributed by atoms with Crippen molar-refractivity contribution < 1.29 is 32.6 Å². The van der Waals surface area contributed by atoms with Crippen LogP contribution >= 0.6 is 11.3 Å². The van der Waals surface area contributed by atoms with Gasteiger partial charge in [-0.15, -0.1) is 0 Å². The molecule has 1 amide bonds. The SMILES string of the molecule is COc1cc(CNC(=O)COC(=O)CCc2ccsc2)ccc1OC(F)F. The number of esters is 1. The zero-order valence-electron chi connectivity index (χ0n) is 14.6. The molecule has 1 aromatic carbocycles. The maximum absolute atomic E-state index is 12.3. The zero-order valence-corrected chi connectivity index (χ0v) is 15.4. The average Bonchev–Trinajstić information content (AvgIpc) is 3.17. The predicted octanol–water partition coefficient (Wildman–Crippen LogP) is 3.15. The number of rotatable bonds is 10. The second-order valence-corrected chi connectivity index (χ2v) is 6.21. The molecule has 2 rings (SSSR count). The molecule has 1 N–H and O–H groups in total. The minimum atomic E-state index is -2.96. The van der Waals surface area contributed by atoms with E-state index in [2.05, 4.69) is 10.1 Å². The quantitative estimate of drug-likeness (QED) is 0.622. The molecule has 0 saturated heterocycles. The summed E-state index contributed by atoms with van der Waals surface area (Å²) in [5.41, 5.74) is 1.67. The maximum Gasteiger partial charge on any atom is 0.387 e. The molecule has 0 atom stereocenters. The van der Waals surface area contributed by atoms with E-state index >= 15 is 0 Å². The van der Waals surface area contributed by atoms with E-state index in [1.807, 2.05) is 16.8 Å². The Morgan fingerprint density at radius 1 is 1.19 bits per heavy atom. The molecule has 0 saturated carbocycles. The summed E-state index contributed by atoms with van der Waals surface area (Å²) in [6, 6.07) is 6.26. The number of amides is 1. The Labute approximate surface area is 159 Å². The van der Waals surface area contributed by atoms with Crippen LogP contribution in [0, 0.1) is 0 Å². The Morgan fingerprint density at radius 3 is 2.67 bits per heavy atom. The summed E-state index contributed by atoms with van der Waals surface area (Å²) in [6.07, 6.45) is 0.767. The zero-order chi connectivity index (χ0) is 19.6. The third-order valence-corrected chi connectivity index (χ3v) is 4.23. The Hall–Kier alpha value is -2.68. The number of alkyl halides is 2. The molecular formula is C18H19F2NO5S. The first-order valence-electron chi connectivity index (χ1n) is 8.03. The molecule has 0 fully saturated rings. The van der Waals surface area contributed by atoms with Crippen molar-refractivity contribution in [2.24, 2.45) is 0 Å². The average molecular weight is 399 g/mol. The number of ether oxygens (including phenoxy) is 3. The second kappa shape index (κ2) is 10.5. The van der Waals surface area contributed by atoms with E-state index in [0.29, 0.717) is 12.0 Å². The number of thiophene rings is 1. The number of carbonyl (C=O) groups is 2. The van der Waals surface area contributed by atoms with Crippen LogP contribution in [0.4, 0.5) is 8.78 Å². The van der Waals surface area contributed by atoms with Gasteiger partial charge in [0.1, 0.15) is 0 Å². The molecule has 2 aromatic rings. The number of carbonyl (C=O) groups excluding carboxylic acids is 2. The lowest BCUT2D eigenvalue weighted by Gasteiger charge is -2.12. The summed E-state index contributed by atoms with van der Waals surface area (Å²) >= 11 is 1.55. The van der Waals surface area contributed by atoms with Gasteiger partial charge in [-0.1, -0.05) is 6.07 Å². The second-order valence-electron chi connectivity index (χ2n) is 5.43. The van der Waals surface area contributed by atoms with Crippen LogP contribution in [-0.4, -0.2) is 32.2 Å². The number of benzene rings is 1. The molecule has 0 aliphatic heterocycles. The highest BCUT2D eigenvalue weighted by molar-refractivity contribution is 7.07. The molecule has 0 bridgehead atoms. The van der Waals surface area contributed by atoms with E-state index in [0.717, 1.165) is 5.56 Å². The van der Waals surface area contributed by atoms with Crippen LogP contribution in [0.25, 0.3) is 0 Å². The minimum absolute atomic E-state index is 0.0953. The molecule has 27 heavy (non-hydrogen) atoms. The molecule has 0 aliphatic rings. The number of aryl methyl sites for hydroxylation is 1. The van der Waals surface area contributed by atoms with Gasteiger partial charge in [0, 0.05) is 13.0 Å². The lowest BCUT2D eigenvalue weighted by atomic mass is 10.2. The summed E-state index contributed by atoms with van der Waals surface area (Å²) in [4.78, 5) is 23.4. The van der Waals surface area contributed by atoms with Gasteiger partial charge in [0.25, 0.3) is 5.91 Å². The van der Waals surface area contributed by atoms with Crippen molar-refractivity contribution in [3.8, 4) is 11.5 Å². The van der Waals surface area contributed by atoms with Crippen LogP contribution in [0.15, 0.2) is 35.0 Å². The standard InChI is InChI=1S/C18H19F2NO5S/c1-24-15-8-13(2-4-14(15)26-18(19)20)9-21-16(22)10-25-17(23)5-3-12-6-7-27-11-12/h2,4,6-8,11,18H,3,5,9-10H2,1H3,(H,21,22). The van der Waals surface area contributed by atoms with Crippen molar-refractivity contribution in [2.75, 3.05) is 13.7 Å². The maximum atomic E-state index is 12.3. The fourth-order valence-electron chi connectivity index (χ4n) is 2.17. The van der Waals surface area contributed by atoms with Gasteiger partial charge in [-0.2, -0.15) is 20.1 Å². The fraction of sp³-hybridized carbons (Fsp3) is 0.333. The van der Waals surface area contributed by atoms with Crippen LogP contribution < -0.4 is 14.8 Å². The third kappa shape index (κ3) is 7.22. The number of halogens is 2. The van der Waals surface area contributed by atoms with Crippen LogP contribution in [0.2, 0.25) is 0 Å². The molecular weight excluding hydrogens is 380 g/mol. The van der Waals surface area contributed by atoms with Gasteiger partial charge in [0.2, 0.25) is 0 Å². The topological polar surface area (TPSA) is 73.9 Å². The van der Waals surface area contributed by atoms with Crippen LogP contribution in [0.3, 0.4) is 0 Å². The van der Waals surface area contributed by atoms with E-state index in [1.54, 1.807) is 11.3 Å². The first kappa shape index (κ1) is 20.6. The Bertz CT molecular complexity index is 752. The van der Waals surface area contributed by atoms with Gasteiger partial charge in [-0.05, 0) is 46.5 Å². The first-order chi connectivity index (χ1) is 13.0. The normalized spacial score (nSPS) is 10.5. The smallest absolute Gasteiger partial charge is 0.387 e. The highest BCUT2D eigenvalue weighted by Gasteiger charge is 2.12. The van der Waals surface area contributed by atoms with Gasteiger partial charge in [-0.3, -0.25) is 9.59 Å². The molecule has 0 aliphatic carbocycles. The molecule has 0 radical (unpaired) electrons. The van der Waals surface area contributed by atoms with Gasteiger partial charge in [-0.25, -0.2) is 0 Å². The van der Waals surface area contributed by atoms with Gasteiger partial charge in [0.15, 0.2) is 18.1 Å². The van der Waals surface area contributed by atoms with E-state index < -0.39 is 18.5 Å². The van der Waals surface area contributed by atoms with Crippen LogP contribution in [0.5, 0.6) is 11.5 Å². The van der Waals surface area contributed by atoms with Crippen LogP contribution in [-0.2, 0) is 27.3 Å². The fourth-order valence-corrected chi connectivity index (χ4v) is 2.87. The van der Waals surface area contributed by atoms with Crippen molar-refractivity contribution in [2.45, 2.75) is 26.0 Å². The van der Waals surface area contributed by atoms with Gasteiger partial charge in [0.05, 0.1) is 7.11 Å². The molecule has 0 unspecified atom stereocenters. The third-order valence-electron chi connectivity index (χ3n) is 3.50. The number of hydrogen-bond donors (Lipinski definition) is 1. The summed E-state index contributed by atoms with van der Waals surface area (Å²) in [5.74, 6) is -0.888. The van der Waals surface area contributed by atoms with E-state index in [4.69, 9.17) is 9.47 Å². The highest BCUT2D eigenvalue weighted by Crippen LogP contribution is 2.29. The highest BCUT2D eigenvalue weighted by atomic mass is 32.1. The molecule has 0 spiro atoms. The van der Waals surface area contributed by atoms with Gasteiger partial charge >= 0.3 is 12.6 Å². The Kier molecular flexibility index (Phi) is 8.00. The van der Waals surface area contributed by atoms with Crippen molar-refractivity contribution in [3.05, 3.63) is 46.2 Å². The largest absolute Gasteiger partial charge is 0.493 e. The van der Waals surface area contributed by atoms with Crippen LogP contribution in [0.1, 0.15) is 17.5 Å². The lowest BCUT2D eigenvalue weighted by Crippen LogP contribution is -2.28. The molecule has 146 valence electrons. The summed E-state index contributed by atoms with van der Waals surface area (Å²) < 4.78 is 38.8. The number of nitrogens with one attached hydrogen (secondary N) is 1.